The van der Waals surface area contributed by atoms with Crippen LogP contribution in [0, 0.1) is 12.3 Å². The van der Waals surface area contributed by atoms with Gasteiger partial charge in [0.25, 0.3) is 0 Å². The van der Waals surface area contributed by atoms with Crippen molar-refractivity contribution in [2.75, 3.05) is 10.6 Å². The quantitative estimate of drug-likeness (QED) is 0.629. The second-order valence-electron chi connectivity index (χ2n) is 6.29. The summed E-state index contributed by atoms with van der Waals surface area (Å²) in [6.07, 6.45) is 1.88. The number of carbonyl (C=O) groups is 3. The molecule has 0 bridgehead atoms. The Morgan fingerprint density at radius 1 is 1.00 bits per heavy atom. The van der Waals surface area contributed by atoms with Crippen molar-refractivity contribution in [3.05, 3.63) is 23.8 Å². The average Bonchev–Trinajstić information content (AvgIpc) is 2.56. The van der Waals surface area contributed by atoms with Gasteiger partial charge < -0.3 is 15.7 Å². The number of hydrogen-bond acceptors (Lipinski definition) is 3. The maximum atomic E-state index is 12.4. The van der Waals surface area contributed by atoms with Crippen LogP contribution in [0.2, 0.25) is 0 Å². The fraction of sp³-hybridized carbons (Fsp3) is 0.526. The van der Waals surface area contributed by atoms with E-state index < -0.39 is 11.4 Å². The minimum atomic E-state index is -1.05. The summed E-state index contributed by atoms with van der Waals surface area (Å²) >= 11 is 0. The minimum Gasteiger partial charge on any atom is -0.481 e. The van der Waals surface area contributed by atoms with E-state index in [1.807, 2.05) is 6.92 Å². The smallest absolute Gasteiger partial charge is 0.310 e. The van der Waals surface area contributed by atoms with Crippen molar-refractivity contribution < 1.29 is 19.5 Å². The first kappa shape index (κ1) is 20.7. The summed E-state index contributed by atoms with van der Waals surface area (Å²) in [6, 6.07) is 5.26. The number of amides is 2. The molecule has 6 nitrogen and oxygen atoms in total. The van der Waals surface area contributed by atoms with Crippen LogP contribution in [0.3, 0.4) is 0 Å². The third-order valence-electron chi connectivity index (χ3n) is 4.67. The zero-order valence-corrected chi connectivity index (χ0v) is 15.4. The molecular weight excluding hydrogens is 320 g/mol. The van der Waals surface area contributed by atoms with Crippen molar-refractivity contribution in [1.29, 1.82) is 0 Å². The summed E-state index contributed by atoms with van der Waals surface area (Å²) in [5.74, 6) is -1.37. The van der Waals surface area contributed by atoms with Crippen LogP contribution in [0.15, 0.2) is 18.2 Å². The second kappa shape index (κ2) is 9.20. The van der Waals surface area contributed by atoms with Crippen LogP contribution in [0.25, 0.3) is 0 Å². The number of benzene rings is 1. The van der Waals surface area contributed by atoms with Crippen LogP contribution in [-0.2, 0) is 14.4 Å². The van der Waals surface area contributed by atoms with Crippen molar-refractivity contribution in [2.24, 2.45) is 5.41 Å². The summed E-state index contributed by atoms with van der Waals surface area (Å²) in [4.78, 5) is 35.7. The number of carboxylic acids is 1. The molecule has 0 aliphatic heterocycles. The molecule has 0 unspecified atom stereocenters. The predicted octanol–water partition coefficient (Wildman–Crippen LogP) is 3.95. The molecule has 0 heterocycles. The van der Waals surface area contributed by atoms with Crippen LogP contribution in [0.1, 0.15) is 58.4 Å². The number of aliphatic carboxylic acids is 1. The van der Waals surface area contributed by atoms with Gasteiger partial charge in [0.15, 0.2) is 0 Å². The molecule has 0 spiro atoms. The van der Waals surface area contributed by atoms with Crippen LogP contribution in [0.5, 0.6) is 0 Å². The highest BCUT2D eigenvalue weighted by molar-refractivity contribution is 5.97. The Kier molecular flexibility index (Phi) is 7.61. The SMILES string of the molecule is CCCC(=O)Nc1cccc(NC(=O)CC(CC)(CC)C(=O)O)c1C. The van der Waals surface area contributed by atoms with Gasteiger partial charge in [-0.2, -0.15) is 0 Å². The van der Waals surface area contributed by atoms with Crippen molar-refractivity contribution in [2.45, 2.75) is 59.8 Å². The number of hydrogen-bond donors (Lipinski definition) is 3. The van der Waals surface area contributed by atoms with Gasteiger partial charge in [0.05, 0.1) is 5.41 Å². The van der Waals surface area contributed by atoms with Gasteiger partial charge in [-0.25, -0.2) is 0 Å². The maximum Gasteiger partial charge on any atom is 0.310 e. The third-order valence-corrected chi connectivity index (χ3v) is 4.67. The Bertz CT molecular complexity index is 636. The van der Waals surface area contributed by atoms with E-state index in [-0.39, 0.29) is 18.2 Å². The Hall–Kier alpha value is -2.37. The summed E-state index contributed by atoms with van der Waals surface area (Å²) < 4.78 is 0. The highest BCUT2D eigenvalue weighted by Crippen LogP contribution is 2.32. The van der Waals surface area contributed by atoms with Crippen molar-refractivity contribution >= 4 is 29.2 Å². The average molecular weight is 348 g/mol. The molecule has 138 valence electrons. The van der Waals surface area contributed by atoms with Gasteiger partial charge in [-0.1, -0.05) is 26.8 Å². The van der Waals surface area contributed by atoms with Crippen LogP contribution in [-0.4, -0.2) is 22.9 Å². The van der Waals surface area contributed by atoms with Gasteiger partial charge in [-0.05, 0) is 43.9 Å². The normalized spacial score (nSPS) is 11.0. The molecule has 0 saturated carbocycles. The van der Waals surface area contributed by atoms with Crippen molar-refractivity contribution in [3.8, 4) is 0 Å². The fourth-order valence-electron chi connectivity index (χ4n) is 2.73. The first-order chi connectivity index (χ1) is 11.8. The van der Waals surface area contributed by atoms with Gasteiger partial charge in [-0.15, -0.1) is 0 Å². The summed E-state index contributed by atoms with van der Waals surface area (Å²) in [7, 11) is 0. The lowest BCUT2D eigenvalue weighted by atomic mass is 9.79. The zero-order chi connectivity index (χ0) is 19.0. The third kappa shape index (κ3) is 5.31. The molecule has 0 fully saturated rings. The molecule has 3 N–H and O–H groups in total. The lowest BCUT2D eigenvalue weighted by Crippen LogP contribution is -2.34. The Labute approximate surface area is 149 Å². The molecule has 0 aromatic heterocycles. The monoisotopic (exact) mass is 348 g/mol. The van der Waals surface area contributed by atoms with Crippen molar-refractivity contribution in [1.82, 2.24) is 0 Å². The lowest BCUT2D eigenvalue weighted by molar-refractivity contribution is -0.151. The van der Waals surface area contributed by atoms with E-state index in [4.69, 9.17) is 0 Å². The van der Waals surface area contributed by atoms with E-state index in [0.717, 1.165) is 12.0 Å². The Morgan fingerprint density at radius 2 is 1.52 bits per heavy atom. The Morgan fingerprint density at radius 3 is 1.96 bits per heavy atom. The second-order valence-corrected chi connectivity index (χ2v) is 6.29. The van der Waals surface area contributed by atoms with Gasteiger partial charge >= 0.3 is 5.97 Å². The summed E-state index contributed by atoms with van der Waals surface area (Å²) in [5.41, 5.74) is 0.914. The highest BCUT2D eigenvalue weighted by Gasteiger charge is 2.37. The number of anilines is 2. The van der Waals surface area contributed by atoms with Gasteiger partial charge in [-0.3, -0.25) is 14.4 Å². The summed E-state index contributed by atoms with van der Waals surface area (Å²) in [6.45, 7) is 7.29. The van der Waals surface area contributed by atoms with E-state index in [1.54, 1.807) is 39.0 Å². The molecular formula is C19H28N2O4. The molecule has 1 rings (SSSR count). The molecule has 6 heteroatoms. The van der Waals surface area contributed by atoms with Gasteiger partial charge in [0.1, 0.15) is 0 Å². The lowest BCUT2D eigenvalue weighted by Gasteiger charge is -2.26. The van der Waals surface area contributed by atoms with Crippen LogP contribution in [0.4, 0.5) is 11.4 Å². The number of carbonyl (C=O) groups excluding carboxylic acids is 2. The van der Waals surface area contributed by atoms with E-state index in [0.29, 0.717) is 30.6 Å². The number of carboxylic acid groups (broad SMARTS) is 1. The molecule has 1 aromatic rings. The number of nitrogens with one attached hydrogen (secondary N) is 2. The maximum absolute atomic E-state index is 12.4. The highest BCUT2D eigenvalue weighted by atomic mass is 16.4. The van der Waals surface area contributed by atoms with Gasteiger partial charge in [0, 0.05) is 24.2 Å². The first-order valence-corrected chi connectivity index (χ1v) is 8.72. The molecule has 1 aromatic carbocycles. The molecule has 2 amide bonds. The molecule has 25 heavy (non-hydrogen) atoms. The molecule has 0 atom stereocenters. The number of rotatable bonds is 9. The fourth-order valence-corrected chi connectivity index (χ4v) is 2.73. The minimum absolute atomic E-state index is 0.0732. The Balaban J connectivity index is 2.91. The molecule has 0 aliphatic rings. The largest absolute Gasteiger partial charge is 0.481 e. The van der Waals surface area contributed by atoms with Crippen molar-refractivity contribution in [3.63, 3.8) is 0 Å². The molecule has 0 aliphatic carbocycles. The van der Waals surface area contributed by atoms with E-state index in [2.05, 4.69) is 10.6 Å². The van der Waals surface area contributed by atoms with E-state index in [1.165, 1.54) is 0 Å². The van der Waals surface area contributed by atoms with E-state index in [9.17, 15) is 19.5 Å². The summed E-state index contributed by atoms with van der Waals surface area (Å²) in [5, 5.41) is 15.1. The standard InChI is InChI=1S/C19H28N2O4/c1-5-9-16(22)20-14-10-8-11-15(13(14)4)21-17(23)12-19(6-2,7-3)18(24)25/h8,10-11H,5-7,9,12H2,1-4H3,(H,20,22)(H,21,23)(H,24,25). The van der Waals surface area contributed by atoms with Gasteiger partial charge in [0.2, 0.25) is 11.8 Å². The van der Waals surface area contributed by atoms with Crippen LogP contribution >= 0.6 is 0 Å². The van der Waals surface area contributed by atoms with Crippen LogP contribution < -0.4 is 10.6 Å². The topological polar surface area (TPSA) is 95.5 Å². The molecule has 0 saturated heterocycles. The predicted molar refractivity (Wildman–Crippen MR) is 98.6 cm³/mol. The van der Waals surface area contributed by atoms with E-state index >= 15 is 0 Å². The molecule has 0 radical (unpaired) electrons. The zero-order valence-electron chi connectivity index (χ0n) is 15.4. The first-order valence-electron chi connectivity index (χ1n) is 8.72.